The monoisotopic (exact) mass is 508 g/mol. The van der Waals surface area contributed by atoms with Crippen LogP contribution >= 0.6 is 0 Å². The summed E-state index contributed by atoms with van der Waals surface area (Å²) < 4.78 is 33.9. The summed E-state index contributed by atoms with van der Waals surface area (Å²) in [5.74, 6) is 1.29. The van der Waals surface area contributed by atoms with E-state index in [0.29, 0.717) is 12.5 Å². The number of anilines is 5. The zero-order valence-electron chi connectivity index (χ0n) is 20.9. The molecule has 0 unspecified atom stereocenters. The van der Waals surface area contributed by atoms with Crippen LogP contribution in [0.3, 0.4) is 0 Å². The van der Waals surface area contributed by atoms with Crippen LogP contribution in [0.4, 0.5) is 28.8 Å². The van der Waals surface area contributed by atoms with Crippen LogP contribution in [0.2, 0.25) is 0 Å². The van der Waals surface area contributed by atoms with Crippen molar-refractivity contribution in [2.45, 2.75) is 37.6 Å². The van der Waals surface area contributed by atoms with Gasteiger partial charge in [-0.25, -0.2) is 18.1 Å². The Morgan fingerprint density at radius 3 is 2.44 bits per heavy atom. The minimum Gasteiger partial charge on any atom is -0.378 e. The lowest BCUT2D eigenvalue weighted by Crippen LogP contribution is -2.40. The van der Waals surface area contributed by atoms with Crippen molar-refractivity contribution in [2.75, 3.05) is 48.0 Å². The highest BCUT2D eigenvalue weighted by atomic mass is 32.2. The molecule has 2 N–H and O–H groups in total. The summed E-state index contributed by atoms with van der Waals surface area (Å²) in [5, 5.41) is 3.30. The van der Waals surface area contributed by atoms with Crippen molar-refractivity contribution in [3.05, 3.63) is 60.3 Å². The van der Waals surface area contributed by atoms with Crippen LogP contribution in [0, 0.1) is 0 Å². The molecule has 5 rings (SSSR count). The summed E-state index contributed by atoms with van der Waals surface area (Å²) >= 11 is 0. The van der Waals surface area contributed by atoms with Crippen LogP contribution in [0.25, 0.3) is 0 Å². The zero-order valence-corrected chi connectivity index (χ0v) is 21.7. The standard InChI is InChI=1S/C26H32N6O3S/c1-26(2,3)30-36(33,34)23-6-4-5-22(17-23)32-12-11-19-18-27-25(29-24(19)32)28-20-7-9-21(10-8-20)31-13-15-35-16-14-31/h4-10,17-18,30H,11-16H2,1-3H3,(H,27,28,29). The summed E-state index contributed by atoms with van der Waals surface area (Å²) in [6.07, 6.45) is 2.63. The number of sulfonamides is 1. The van der Waals surface area contributed by atoms with Crippen molar-refractivity contribution in [1.29, 1.82) is 0 Å². The van der Waals surface area contributed by atoms with E-state index in [0.717, 1.165) is 55.5 Å². The maximum atomic E-state index is 12.9. The molecule has 0 bridgehead atoms. The van der Waals surface area contributed by atoms with Gasteiger partial charge in [0.05, 0.1) is 18.1 Å². The van der Waals surface area contributed by atoms with E-state index in [1.54, 1.807) is 18.2 Å². The third kappa shape index (κ3) is 5.45. The van der Waals surface area contributed by atoms with Gasteiger partial charge < -0.3 is 19.9 Å². The highest BCUT2D eigenvalue weighted by Gasteiger charge is 2.26. The first-order chi connectivity index (χ1) is 17.2. The lowest BCUT2D eigenvalue weighted by Gasteiger charge is -2.28. The number of nitrogens with one attached hydrogen (secondary N) is 2. The second-order valence-electron chi connectivity index (χ2n) is 10.1. The summed E-state index contributed by atoms with van der Waals surface area (Å²) in [7, 11) is -3.64. The van der Waals surface area contributed by atoms with Gasteiger partial charge in [0.2, 0.25) is 16.0 Å². The van der Waals surface area contributed by atoms with E-state index >= 15 is 0 Å². The molecule has 1 fully saturated rings. The van der Waals surface area contributed by atoms with E-state index in [9.17, 15) is 8.42 Å². The van der Waals surface area contributed by atoms with Crippen LogP contribution < -0.4 is 19.8 Å². The fraction of sp³-hybridized carbons (Fsp3) is 0.385. The third-order valence-electron chi connectivity index (χ3n) is 6.08. The third-order valence-corrected chi connectivity index (χ3v) is 7.84. The lowest BCUT2D eigenvalue weighted by molar-refractivity contribution is 0.122. The first-order valence-electron chi connectivity index (χ1n) is 12.2. The average Bonchev–Trinajstić information content (AvgIpc) is 3.27. The van der Waals surface area contributed by atoms with Crippen LogP contribution in [-0.4, -0.2) is 56.8 Å². The molecule has 0 saturated carbocycles. The summed E-state index contributed by atoms with van der Waals surface area (Å²) in [6.45, 7) is 9.48. The van der Waals surface area contributed by atoms with Gasteiger partial charge in [-0.1, -0.05) is 6.07 Å². The van der Waals surface area contributed by atoms with Gasteiger partial charge in [0.1, 0.15) is 5.82 Å². The van der Waals surface area contributed by atoms with Crippen LogP contribution in [0.15, 0.2) is 59.6 Å². The molecule has 2 aliphatic heterocycles. The van der Waals surface area contributed by atoms with Crippen molar-refractivity contribution >= 4 is 38.9 Å². The van der Waals surface area contributed by atoms with E-state index in [1.807, 2.05) is 50.1 Å². The lowest BCUT2D eigenvalue weighted by atomic mass is 10.1. The molecule has 2 aromatic carbocycles. The first-order valence-corrected chi connectivity index (χ1v) is 13.6. The maximum absolute atomic E-state index is 12.9. The van der Waals surface area contributed by atoms with Crippen molar-refractivity contribution in [3.8, 4) is 0 Å². The molecule has 0 radical (unpaired) electrons. The molecule has 9 nitrogen and oxygen atoms in total. The smallest absolute Gasteiger partial charge is 0.241 e. The van der Waals surface area contributed by atoms with Gasteiger partial charge >= 0.3 is 0 Å². The highest BCUT2D eigenvalue weighted by molar-refractivity contribution is 7.89. The summed E-state index contributed by atoms with van der Waals surface area (Å²) in [6, 6.07) is 15.2. The Balaban J connectivity index is 1.35. The highest BCUT2D eigenvalue weighted by Crippen LogP contribution is 2.34. The van der Waals surface area contributed by atoms with Crippen molar-refractivity contribution in [3.63, 3.8) is 0 Å². The average molecular weight is 509 g/mol. The normalized spacial score (nSPS) is 16.2. The predicted molar refractivity (Wildman–Crippen MR) is 142 cm³/mol. The molecule has 10 heteroatoms. The molecule has 190 valence electrons. The Hall–Kier alpha value is -3.21. The van der Waals surface area contributed by atoms with Gasteiger partial charge in [-0.15, -0.1) is 0 Å². The SMILES string of the molecule is CC(C)(C)NS(=O)(=O)c1cccc(N2CCc3cnc(Nc4ccc(N5CCOCC5)cc4)nc32)c1. The van der Waals surface area contributed by atoms with E-state index < -0.39 is 15.6 Å². The summed E-state index contributed by atoms with van der Waals surface area (Å²) in [4.78, 5) is 13.9. The van der Waals surface area contributed by atoms with Gasteiger partial charge in [0, 0.05) is 54.0 Å². The Morgan fingerprint density at radius 1 is 0.972 bits per heavy atom. The minimum atomic E-state index is -3.64. The zero-order chi connectivity index (χ0) is 25.3. The Bertz CT molecular complexity index is 1330. The molecular formula is C26H32N6O3S. The number of aromatic nitrogens is 2. The number of ether oxygens (including phenoxy) is 1. The number of rotatable bonds is 6. The number of hydrogen-bond acceptors (Lipinski definition) is 8. The number of hydrogen-bond donors (Lipinski definition) is 2. The summed E-state index contributed by atoms with van der Waals surface area (Å²) in [5.41, 5.74) is 3.32. The molecule has 36 heavy (non-hydrogen) atoms. The number of morpholine rings is 1. The van der Waals surface area contributed by atoms with Crippen molar-refractivity contribution < 1.29 is 13.2 Å². The Labute approximate surface area is 212 Å². The first kappa shape index (κ1) is 24.5. The fourth-order valence-corrected chi connectivity index (χ4v) is 5.90. The van der Waals surface area contributed by atoms with E-state index in [4.69, 9.17) is 9.72 Å². The number of nitrogens with zero attached hydrogens (tertiary/aromatic N) is 4. The van der Waals surface area contributed by atoms with E-state index in [2.05, 4.69) is 32.1 Å². The second kappa shape index (κ2) is 9.68. The molecule has 3 aromatic rings. The molecule has 0 aliphatic carbocycles. The fourth-order valence-electron chi connectivity index (χ4n) is 4.44. The maximum Gasteiger partial charge on any atom is 0.241 e. The molecule has 1 aromatic heterocycles. The van der Waals surface area contributed by atoms with Gasteiger partial charge in [-0.2, -0.15) is 4.98 Å². The molecule has 0 amide bonds. The van der Waals surface area contributed by atoms with Gasteiger partial charge in [0.25, 0.3) is 0 Å². The van der Waals surface area contributed by atoms with Crippen LogP contribution in [0.5, 0.6) is 0 Å². The molecule has 0 spiro atoms. The minimum absolute atomic E-state index is 0.233. The van der Waals surface area contributed by atoms with Gasteiger partial charge in [-0.3, -0.25) is 0 Å². The molecule has 0 atom stereocenters. The second-order valence-corrected chi connectivity index (χ2v) is 11.8. The number of benzene rings is 2. The molecule has 1 saturated heterocycles. The number of fused-ring (bicyclic) bond motifs is 1. The molecule has 2 aliphatic rings. The van der Waals surface area contributed by atoms with Gasteiger partial charge in [0.15, 0.2) is 0 Å². The predicted octanol–water partition coefficient (Wildman–Crippen LogP) is 3.83. The van der Waals surface area contributed by atoms with E-state index in [-0.39, 0.29) is 4.90 Å². The Morgan fingerprint density at radius 2 is 1.72 bits per heavy atom. The van der Waals surface area contributed by atoms with Crippen LogP contribution in [-0.2, 0) is 21.2 Å². The topological polar surface area (TPSA) is 99.7 Å². The molecule has 3 heterocycles. The van der Waals surface area contributed by atoms with Crippen molar-refractivity contribution in [2.24, 2.45) is 0 Å². The molecular weight excluding hydrogens is 476 g/mol. The quantitative estimate of drug-likeness (QED) is 0.518. The Kier molecular flexibility index (Phi) is 6.59. The largest absolute Gasteiger partial charge is 0.378 e. The van der Waals surface area contributed by atoms with E-state index in [1.165, 1.54) is 5.69 Å². The van der Waals surface area contributed by atoms with Gasteiger partial charge in [-0.05, 0) is 69.7 Å². The van der Waals surface area contributed by atoms with Crippen molar-refractivity contribution in [1.82, 2.24) is 14.7 Å². The van der Waals surface area contributed by atoms with Crippen LogP contribution in [0.1, 0.15) is 26.3 Å².